The van der Waals surface area contributed by atoms with E-state index >= 15 is 0 Å². The van der Waals surface area contributed by atoms with Crippen LogP contribution in [0.3, 0.4) is 0 Å². The van der Waals surface area contributed by atoms with Gasteiger partial charge in [0.05, 0.1) is 12.8 Å². The number of aromatic nitrogens is 1. The SMILES string of the molecule is COc1cc(=O)n(C)c(Nc2ccc(I)cc2F)c1N[S+](=O)(O)CCCCl. The topological polar surface area (TPSA) is 92.6 Å². The second-order valence-corrected chi connectivity index (χ2v) is 9.09. The Balaban J connectivity index is 2.55. The Kier molecular flexibility index (Phi) is 7.48. The van der Waals surface area contributed by atoms with Gasteiger partial charge < -0.3 is 10.1 Å². The van der Waals surface area contributed by atoms with E-state index in [1.165, 1.54) is 36.9 Å². The zero-order valence-electron chi connectivity index (χ0n) is 14.6. The number of benzene rings is 1. The Labute approximate surface area is 175 Å². The van der Waals surface area contributed by atoms with Gasteiger partial charge in [0.15, 0.2) is 17.2 Å². The molecule has 0 saturated heterocycles. The molecule has 1 aromatic carbocycles. The van der Waals surface area contributed by atoms with Crippen LogP contribution in [0.4, 0.5) is 21.6 Å². The van der Waals surface area contributed by atoms with E-state index in [0.29, 0.717) is 9.99 Å². The molecule has 0 fully saturated rings. The first-order valence-electron chi connectivity index (χ1n) is 7.76. The maximum Gasteiger partial charge on any atom is 0.311 e. The highest BCUT2D eigenvalue weighted by atomic mass is 127. The summed E-state index contributed by atoms with van der Waals surface area (Å²) in [5, 5.41) is 2.81. The van der Waals surface area contributed by atoms with Gasteiger partial charge in [0, 0.05) is 29.0 Å². The molecule has 2 rings (SSSR count). The van der Waals surface area contributed by atoms with E-state index in [2.05, 4.69) is 10.0 Å². The number of pyridine rings is 1. The number of nitrogens with zero attached hydrogens (tertiary/aromatic N) is 1. The molecule has 0 saturated carbocycles. The van der Waals surface area contributed by atoms with Crippen LogP contribution < -0.4 is 20.3 Å². The molecule has 0 aliphatic heterocycles. The monoisotopic (exact) mass is 530 g/mol. The molecule has 27 heavy (non-hydrogen) atoms. The van der Waals surface area contributed by atoms with Crippen LogP contribution in [-0.2, 0) is 21.7 Å². The lowest BCUT2D eigenvalue weighted by Gasteiger charge is -2.19. The Morgan fingerprint density at radius 2 is 2.11 bits per heavy atom. The van der Waals surface area contributed by atoms with Crippen LogP contribution in [0.2, 0.25) is 0 Å². The molecule has 0 bridgehead atoms. The van der Waals surface area contributed by atoms with E-state index in [9.17, 15) is 17.9 Å². The lowest BCUT2D eigenvalue weighted by atomic mass is 10.3. The summed E-state index contributed by atoms with van der Waals surface area (Å²) in [5.41, 5.74) is -0.262. The molecule has 0 radical (unpaired) electrons. The Bertz CT molecular complexity index is 941. The highest BCUT2D eigenvalue weighted by Gasteiger charge is 2.29. The molecule has 0 aliphatic carbocycles. The van der Waals surface area contributed by atoms with Crippen LogP contribution >= 0.6 is 34.2 Å². The minimum absolute atomic E-state index is 0.0548. The molecular weight excluding hydrogens is 512 g/mol. The lowest BCUT2D eigenvalue weighted by Crippen LogP contribution is -2.28. The quantitative estimate of drug-likeness (QED) is 0.274. The Hall–Kier alpha value is -1.37. The predicted octanol–water partition coefficient (Wildman–Crippen LogP) is 3.81. The summed E-state index contributed by atoms with van der Waals surface area (Å²) in [6.45, 7) is 0. The summed E-state index contributed by atoms with van der Waals surface area (Å²) in [6, 6.07) is 5.69. The van der Waals surface area contributed by atoms with Crippen molar-refractivity contribution >= 4 is 61.8 Å². The van der Waals surface area contributed by atoms with Gasteiger partial charge in [-0.25, -0.2) is 4.39 Å². The zero-order chi connectivity index (χ0) is 20.2. The molecule has 1 unspecified atom stereocenters. The third-order valence-electron chi connectivity index (χ3n) is 3.62. The van der Waals surface area contributed by atoms with Gasteiger partial charge in [-0.1, -0.05) is 0 Å². The van der Waals surface area contributed by atoms with E-state index in [1.807, 2.05) is 22.6 Å². The van der Waals surface area contributed by atoms with Crippen molar-refractivity contribution in [3.05, 3.63) is 44.0 Å². The van der Waals surface area contributed by atoms with Crippen LogP contribution in [-0.4, -0.2) is 27.9 Å². The standard InChI is InChI=1S/C16H18ClFIN3O4S/c1-22-14(23)9-13(26-2)15(21-27(24,25)7-3-6-17)16(22)20-12-5-4-10(19)8-11(12)18/h4-5,8-9H,3,6-7H2,1-2H3,(H2-,20,21,23,24,25)/p+1. The van der Waals surface area contributed by atoms with Crippen LogP contribution in [0, 0.1) is 9.39 Å². The minimum Gasteiger partial charge on any atom is -0.494 e. The number of hydrogen-bond donors (Lipinski definition) is 3. The number of hydrogen-bond acceptors (Lipinski definition) is 4. The second-order valence-electron chi connectivity index (χ2n) is 5.57. The number of ether oxygens (including phenoxy) is 1. The van der Waals surface area contributed by atoms with Crippen LogP contribution in [0.15, 0.2) is 29.1 Å². The fourth-order valence-electron chi connectivity index (χ4n) is 2.26. The molecule has 148 valence electrons. The largest absolute Gasteiger partial charge is 0.494 e. The van der Waals surface area contributed by atoms with Gasteiger partial charge in [-0.3, -0.25) is 9.36 Å². The predicted molar refractivity (Wildman–Crippen MR) is 115 cm³/mol. The van der Waals surface area contributed by atoms with Gasteiger partial charge >= 0.3 is 10.4 Å². The normalized spacial score (nSPS) is 13.1. The molecule has 0 aliphatic rings. The third kappa shape index (κ3) is 5.56. The fourth-order valence-corrected chi connectivity index (χ4v) is 4.16. The average molecular weight is 531 g/mol. The first-order valence-corrected chi connectivity index (χ1v) is 11.1. The molecule has 0 amide bonds. The molecular formula is C16H19ClFIN3O4S+. The van der Waals surface area contributed by atoms with Gasteiger partial charge in [0.2, 0.25) is 0 Å². The van der Waals surface area contributed by atoms with Crippen molar-refractivity contribution in [2.75, 3.05) is 28.8 Å². The van der Waals surface area contributed by atoms with Gasteiger partial charge in [-0.15, -0.1) is 11.6 Å². The Morgan fingerprint density at radius 1 is 1.41 bits per heavy atom. The second kappa shape index (κ2) is 9.22. The summed E-state index contributed by atoms with van der Waals surface area (Å²) in [4.78, 5) is 12.2. The number of anilines is 3. The highest BCUT2D eigenvalue weighted by molar-refractivity contribution is 14.1. The summed E-state index contributed by atoms with van der Waals surface area (Å²) in [6.07, 6.45) is 0.312. The maximum atomic E-state index is 14.3. The highest BCUT2D eigenvalue weighted by Crippen LogP contribution is 2.35. The molecule has 1 aromatic heterocycles. The van der Waals surface area contributed by atoms with Crippen molar-refractivity contribution < 1.29 is 17.9 Å². The molecule has 3 N–H and O–H groups in total. The first kappa shape index (κ1) is 21.9. The summed E-state index contributed by atoms with van der Waals surface area (Å²) >= 11 is 7.57. The van der Waals surface area contributed by atoms with Crippen molar-refractivity contribution in [1.29, 1.82) is 0 Å². The molecule has 7 nitrogen and oxygen atoms in total. The zero-order valence-corrected chi connectivity index (χ0v) is 18.3. The van der Waals surface area contributed by atoms with E-state index in [4.69, 9.17) is 16.3 Å². The van der Waals surface area contributed by atoms with Gasteiger partial charge in [-0.2, -0.15) is 9.27 Å². The summed E-state index contributed by atoms with van der Waals surface area (Å²) < 4.78 is 46.5. The summed E-state index contributed by atoms with van der Waals surface area (Å²) in [7, 11) is -0.723. The van der Waals surface area contributed by atoms with Gasteiger partial charge in [-0.05, 0) is 45.0 Å². The van der Waals surface area contributed by atoms with Crippen molar-refractivity contribution in [3.63, 3.8) is 0 Å². The van der Waals surface area contributed by atoms with Crippen LogP contribution in [0.1, 0.15) is 6.42 Å². The number of alkyl halides is 1. The fraction of sp³-hybridized carbons (Fsp3) is 0.312. The summed E-state index contributed by atoms with van der Waals surface area (Å²) in [5.74, 6) is -0.260. The van der Waals surface area contributed by atoms with Gasteiger partial charge in [0.25, 0.3) is 5.56 Å². The minimum atomic E-state index is -3.51. The number of nitrogens with one attached hydrogen (secondary N) is 2. The molecule has 1 heterocycles. The third-order valence-corrected chi connectivity index (χ3v) is 5.93. The van der Waals surface area contributed by atoms with Crippen LogP contribution in [0.25, 0.3) is 0 Å². The maximum absolute atomic E-state index is 14.3. The van der Waals surface area contributed by atoms with E-state index in [-0.39, 0.29) is 34.6 Å². The van der Waals surface area contributed by atoms with E-state index in [1.54, 1.807) is 6.07 Å². The van der Waals surface area contributed by atoms with Crippen molar-refractivity contribution in [1.82, 2.24) is 4.57 Å². The molecule has 11 heteroatoms. The number of rotatable bonds is 8. The molecule has 2 aromatic rings. The van der Waals surface area contributed by atoms with Crippen molar-refractivity contribution in [2.24, 2.45) is 7.05 Å². The van der Waals surface area contributed by atoms with E-state index in [0.717, 1.165) is 0 Å². The number of methoxy groups -OCH3 is 1. The smallest absolute Gasteiger partial charge is 0.311 e. The van der Waals surface area contributed by atoms with Crippen molar-refractivity contribution in [3.8, 4) is 5.75 Å². The Morgan fingerprint density at radius 3 is 2.70 bits per heavy atom. The van der Waals surface area contributed by atoms with Crippen molar-refractivity contribution in [2.45, 2.75) is 6.42 Å². The first-order chi connectivity index (χ1) is 12.7. The average Bonchev–Trinajstić information content (AvgIpc) is 2.61. The van der Waals surface area contributed by atoms with Gasteiger partial charge in [0.1, 0.15) is 11.6 Å². The lowest BCUT2D eigenvalue weighted by molar-refractivity contribution is 0.415. The number of halogens is 3. The molecule has 1 atom stereocenters. The van der Waals surface area contributed by atoms with Crippen LogP contribution in [0.5, 0.6) is 5.75 Å². The van der Waals surface area contributed by atoms with E-state index < -0.39 is 21.8 Å². The molecule has 0 spiro atoms.